The van der Waals surface area contributed by atoms with Gasteiger partial charge in [0.15, 0.2) is 11.5 Å². The molecule has 1 aliphatic heterocycles. The molecule has 0 aromatic heterocycles. The minimum Gasteiger partial charge on any atom is -0.493 e. The van der Waals surface area contributed by atoms with Crippen LogP contribution in [0.2, 0.25) is 0 Å². The number of hydrogen-bond donors (Lipinski definition) is 0. The summed E-state index contributed by atoms with van der Waals surface area (Å²) in [7, 11) is 3.73. The Labute approximate surface area is 227 Å². The molecule has 0 radical (unpaired) electrons. The number of hydrogen-bond acceptors (Lipinski definition) is 4. The largest absolute Gasteiger partial charge is 0.493 e. The van der Waals surface area contributed by atoms with Gasteiger partial charge in [0.05, 0.1) is 20.3 Å². The van der Waals surface area contributed by atoms with Crippen molar-refractivity contribution in [3.8, 4) is 11.5 Å². The molecule has 7 atom stereocenters. The summed E-state index contributed by atoms with van der Waals surface area (Å²) in [6, 6.07) is 13.2. The lowest BCUT2D eigenvalue weighted by Gasteiger charge is -2.73. The van der Waals surface area contributed by atoms with E-state index < -0.39 is 0 Å². The average molecular weight is 515 g/mol. The second-order valence-electron chi connectivity index (χ2n) is 13.6. The Bertz CT molecular complexity index is 1270. The third-order valence-electron chi connectivity index (χ3n) is 12.2. The summed E-state index contributed by atoms with van der Waals surface area (Å²) in [6.45, 7) is 3.55. The van der Waals surface area contributed by atoms with Crippen molar-refractivity contribution in [3.05, 3.63) is 58.7 Å². The number of methoxy groups -OCH3 is 2. The van der Waals surface area contributed by atoms with E-state index in [-0.39, 0.29) is 22.5 Å². The molecule has 2 aromatic rings. The van der Waals surface area contributed by atoms with Crippen LogP contribution in [0.3, 0.4) is 0 Å². The molecule has 7 unspecified atom stereocenters. The van der Waals surface area contributed by atoms with Crippen molar-refractivity contribution in [2.24, 2.45) is 29.1 Å². The highest BCUT2D eigenvalue weighted by Crippen LogP contribution is 2.79. The topological polar surface area (TPSA) is 36.9 Å². The zero-order valence-corrected chi connectivity index (χ0v) is 23.3. The van der Waals surface area contributed by atoms with Gasteiger partial charge in [-0.2, -0.15) is 0 Å². The van der Waals surface area contributed by atoms with Gasteiger partial charge in [0, 0.05) is 24.0 Å². The lowest BCUT2D eigenvalue weighted by atomic mass is 9.31. The summed E-state index contributed by atoms with van der Waals surface area (Å²) in [5.41, 5.74) is 5.59. The molecule has 7 aliphatic rings. The molecule has 0 saturated heterocycles. The standard InChI is InChI=1S/C34H42O4/c1-21-5-4-6-23(15-21)19-37-20-26-18-32-13-14-34(26,36-3)31-33(32)12-11-24(16-22-7-8-22)27(32)17-25-9-10-28(35-2)30(38-31)29(25)33/h4-6,9-10,15,22,24,26-27,31H,7-8,11-14,16-20H2,1-3H3. The van der Waals surface area contributed by atoms with Crippen LogP contribution in [-0.4, -0.2) is 32.5 Å². The van der Waals surface area contributed by atoms with Crippen LogP contribution in [-0.2, 0) is 27.9 Å². The summed E-state index contributed by atoms with van der Waals surface area (Å²) < 4.78 is 26.3. The fraction of sp³-hybridized carbons (Fsp3) is 0.647. The van der Waals surface area contributed by atoms with Gasteiger partial charge in [-0.3, -0.25) is 0 Å². The summed E-state index contributed by atoms with van der Waals surface area (Å²) in [6.07, 6.45) is 11.7. The van der Waals surface area contributed by atoms with Crippen LogP contribution >= 0.6 is 0 Å². The van der Waals surface area contributed by atoms with E-state index in [2.05, 4.69) is 43.3 Å². The molecule has 6 aliphatic carbocycles. The summed E-state index contributed by atoms with van der Waals surface area (Å²) in [5, 5.41) is 0. The third kappa shape index (κ3) is 2.94. The second kappa shape index (κ2) is 8.24. The van der Waals surface area contributed by atoms with E-state index in [4.69, 9.17) is 18.9 Å². The van der Waals surface area contributed by atoms with Gasteiger partial charge >= 0.3 is 0 Å². The van der Waals surface area contributed by atoms with Crippen LogP contribution in [0.15, 0.2) is 36.4 Å². The van der Waals surface area contributed by atoms with Crippen molar-refractivity contribution in [1.82, 2.24) is 0 Å². The minimum atomic E-state index is -0.319. The molecule has 4 bridgehead atoms. The maximum Gasteiger partial charge on any atom is 0.165 e. The monoisotopic (exact) mass is 514 g/mol. The molecule has 0 amide bonds. The summed E-state index contributed by atoms with van der Waals surface area (Å²) in [5.74, 6) is 4.84. The number of rotatable bonds is 8. The van der Waals surface area contributed by atoms with Crippen LogP contribution in [0.25, 0.3) is 0 Å². The van der Waals surface area contributed by atoms with E-state index in [0.29, 0.717) is 12.5 Å². The van der Waals surface area contributed by atoms with E-state index in [0.717, 1.165) is 42.3 Å². The van der Waals surface area contributed by atoms with Gasteiger partial charge in [-0.15, -0.1) is 0 Å². The first kappa shape index (κ1) is 23.8. The first-order valence-corrected chi connectivity index (χ1v) is 15.1. The Hall–Kier alpha value is -2.04. The normalized spacial score (nSPS) is 39.6. The molecule has 5 fully saturated rings. The highest BCUT2D eigenvalue weighted by atomic mass is 16.6. The molecule has 4 nitrogen and oxygen atoms in total. The zero-order chi connectivity index (χ0) is 25.7. The van der Waals surface area contributed by atoms with Crippen molar-refractivity contribution in [2.75, 3.05) is 20.8 Å². The molecule has 1 heterocycles. The van der Waals surface area contributed by atoms with Gasteiger partial charge in [0.25, 0.3) is 0 Å². The fourth-order valence-corrected chi connectivity index (χ4v) is 10.6. The van der Waals surface area contributed by atoms with E-state index >= 15 is 0 Å². The molecule has 2 spiro atoms. The number of ether oxygens (including phenoxy) is 4. The Morgan fingerprint density at radius 1 is 1.03 bits per heavy atom. The maximum absolute atomic E-state index is 7.16. The molecule has 4 heteroatoms. The Morgan fingerprint density at radius 2 is 1.92 bits per heavy atom. The Balaban J connectivity index is 1.21. The maximum atomic E-state index is 7.16. The van der Waals surface area contributed by atoms with Crippen LogP contribution in [0.5, 0.6) is 11.5 Å². The van der Waals surface area contributed by atoms with Gasteiger partial charge in [0.2, 0.25) is 0 Å². The predicted octanol–water partition coefficient (Wildman–Crippen LogP) is 6.79. The Morgan fingerprint density at radius 3 is 2.71 bits per heavy atom. The molecule has 202 valence electrons. The number of benzene rings is 2. The molecule has 5 saturated carbocycles. The highest BCUT2D eigenvalue weighted by molar-refractivity contribution is 5.63. The molecule has 9 rings (SSSR count). The molecule has 0 N–H and O–H groups in total. The van der Waals surface area contributed by atoms with Crippen LogP contribution in [0.1, 0.15) is 73.6 Å². The minimum absolute atomic E-state index is 0.0461. The molecular weight excluding hydrogens is 472 g/mol. The van der Waals surface area contributed by atoms with Crippen molar-refractivity contribution < 1.29 is 18.9 Å². The molecule has 2 aromatic carbocycles. The smallest absolute Gasteiger partial charge is 0.165 e. The SMILES string of the molecule is COc1ccc2c3c1OC1C4(OC)CCC5(CC4COCc4cccc(C)c4)C(C2)C(CC2CC2)CCC315. The third-order valence-corrected chi connectivity index (χ3v) is 12.2. The number of aryl methyl sites for hydroxylation is 1. The van der Waals surface area contributed by atoms with Crippen LogP contribution < -0.4 is 9.47 Å². The fourth-order valence-electron chi connectivity index (χ4n) is 10.6. The van der Waals surface area contributed by atoms with E-state index in [1.54, 1.807) is 7.11 Å². The van der Waals surface area contributed by atoms with Gasteiger partial charge in [-0.1, -0.05) is 48.7 Å². The van der Waals surface area contributed by atoms with Gasteiger partial charge in [0.1, 0.15) is 11.7 Å². The first-order valence-electron chi connectivity index (χ1n) is 15.1. The van der Waals surface area contributed by atoms with Crippen LogP contribution in [0.4, 0.5) is 0 Å². The molecule has 38 heavy (non-hydrogen) atoms. The van der Waals surface area contributed by atoms with Crippen molar-refractivity contribution in [1.29, 1.82) is 0 Å². The van der Waals surface area contributed by atoms with E-state index in [9.17, 15) is 0 Å². The van der Waals surface area contributed by atoms with Gasteiger partial charge in [-0.05, 0) is 92.2 Å². The zero-order valence-electron chi connectivity index (χ0n) is 23.3. The van der Waals surface area contributed by atoms with E-state index in [1.165, 1.54) is 73.6 Å². The first-order chi connectivity index (χ1) is 18.5. The van der Waals surface area contributed by atoms with Gasteiger partial charge in [-0.25, -0.2) is 0 Å². The average Bonchev–Trinajstić information content (AvgIpc) is 3.67. The highest BCUT2D eigenvalue weighted by Gasteiger charge is 2.80. The van der Waals surface area contributed by atoms with Crippen LogP contribution in [0, 0.1) is 36.0 Å². The predicted molar refractivity (Wildman–Crippen MR) is 147 cm³/mol. The quantitative estimate of drug-likeness (QED) is 0.389. The lowest BCUT2D eigenvalue weighted by molar-refractivity contribution is -0.285. The van der Waals surface area contributed by atoms with Crippen molar-refractivity contribution in [3.63, 3.8) is 0 Å². The Kier molecular flexibility index (Phi) is 5.16. The number of fused-ring (bicyclic) bond motifs is 2. The second-order valence-corrected chi connectivity index (χ2v) is 13.6. The summed E-state index contributed by atoms with van der Waals surface area (Å²) >= 11 is 0. The van der Waals surface area contributed by atoms with Gasteiger partial charge < -0.3 is 18.9 Å². The lowest BCUT2D eigenvalue weighted by Crippen LogP contribution is -2.78. The van der Waals surface area contributed by atoms with Crippen molar-refractivity contribution >= 4 is 0 Å². The molecular formula is C34H42O4. The van der Waals surface area contributed by atoms with Crippen molar-refractivity contribution in [2.45, 2.75) is 88.4 Å². The van der Waals surface area contributed by atoms with E-state index in [1.807, 2.05) is 7.11 Å². The summed E-state index contributed by atoms with van der Waals surface area (Å²) in [4.78, 5) is 0.